The average Bonchev–Trinajstić information content (AvgIpc) is 2.80. The molecular weight excluding hydrogens is 273 g/mol. The van der Waals surface area contributed by atoms with Crippen LogP contribution in [0.5, 0.6) is 0 Å². The Morgan fingerprint density at radius 2 is 2.11 bits per heavy atom. The highest BCUT2D eigenvalue weighted by Gasteiger charge is 2.06. The second-order valence-corrected chi connectivity index (χ2v) is 4.73. The number of aryl methyl sites for hydroxylation is 1. The zero-order valence-corrected chi connectivity index (χ0v) is 11.2. The summed E-state index contributed by atoms with van der Waals surface area (Å²) in [6, 6.07) is 5.51. The van der Waals surface area contributed by atoms with Gasteiger partial charge in [-0.25, -0.2) is 4.68 Å². The van der Waals surface area contributed by atoms with E-state index in [0.29, 0.717) is 23.0 Å². The van der Waals surface area contributed by atoms with Crippen LogP contribution in [0.2, 0.25) is 10.0 Å². The summed E-state index contributed by atoms with van der Waals surface area (Å²) < 4.78 is 1.71. The van der Waals surface area contributed by atoms with Crippen LogP contribution in [0.3, 0.4) is 0 Å². The minimum Gasteiger partial charge on any atom is -0.396 e. The molecule has 1 aromatic carbocycles. The molecule has 0 saturated heterocycles. The Labute approximate surface area is 115 Å². The first-order valence-electron chi connectivity index (χ1n) is 5.63. The van der Waals surface area contributed by atoms with Crippen molar-refractivity contribution in [3.8, 4) is 0 Å². The maximum Gasteiger partial charge on any atom is 0.0828 e. The van der Waals surface area contributed by atoms with E-state index in [1.807, 2.05) is 18.3 Å². The molecule has 6 heteroatoms. The Morgan fingerprint density at radius 1 is 1.28 bits per heavy atom. The quantitative estimate of drug-likeness (QED) is 0.919. The third-order valence-corrected chi connectivity index (χ3v) is 3.40. The number of nitrogens with zero attached hydrogens (tertiary/aromatic N) is 3. The number of hydrogen-bond donors (Lipinski definition) is 1. The lowest BCUT2D eigenvalue weighted by molar-refractivity contribution is 0.288. The molecule has 0 bridgehead atoms. The van der Waals surface area contributed by atoms with Crippen LogP contribution < -0.4 is 0 Å². The molecular formula is C12H13Cl2N3O. The molecule has 0 spiro atoms. The van der Waals surface area contributed by atoms with Crippen molar-refractivity contribution >= 4 is 23.2 Å². The third-order valence-electron chi connectivity index (χ3n) is 2.54. The van der Waals surface area contributed by atoms with Crippen LogP contribution in [0.4, 0.5) is 0 Å². The highest BCUT2D eigenvalue weighted by molar-refractivity contribution is 6.42. The Morgan fingerprint density at radius 3 is 2.89 bits per heavy atom. The normalized spacial score (nSPS) is 10.8. The molecule has 96 valence electrons. The van der Waals surface area contributed by atoms with Crippen LogP contribution in [0.1, 0.15) is 17.7 Å². The fourth-order valence-corrected chi connectivity index (χ4v) is 2.02. The van der Waals surface area contributed by atoms with Crippen molar-refractivity contribution < 1.29 is 5.11 Å². The summed E-state index contributed by atoms with van der Waals surface area (Å²) in [6.07, 6.45) is 3.27. The topological polar surface area (TPSA) is 50.9 Å². The smallest absolute Gasteiger partial charge is 0.0828 e. The molecule has 1 heterocycles. The SMILES string of the molecule is OCCCc1cn(Cc2cccc(Cl)c2Cl)nn1. The van der Waals surface area contributed by atoms with E-state index in [9.17, 15) is 0 Å². The zero-order valence-electron chi connectivity index (χ0n) is 9.68. The van der Waals surface area contributed by atoms with E-state index < -0.39 is 0 Å². The van der Waals surface area contributed by atoms with Gasteiger partial charge in [-0.1, -0.05) is 40.5 Å². The molecule has 18 heavy (non-hydrogen) atoms. The minimum atomic E-state index is 0.160. The molecule has 1 N–H and O–H groups in total. The molecule has 0 atom stereocenters. The van der Waals surface area contributed by atoms with Crippen molar-refractivity contribution in [2.45, 2.75) is 19.4 Å². The van der Waals surface area contributed by atoms with E-state index in [2.05, 4.69) is 10.3 Å². The molecule has 2 aromatic rings. The first-order chi connectivity index (χ1) is 8.70. The lowest BCUT2D eigenvalue weighted by Gasteiger charge is -2.04. The molecule has 0 aliphatic rings. The number of halogens is 2. The summed E-state index contributed by atoms with van der Waals surface area (Å²) in [4.78, 5) is 0. The number of aliphatic hydroxyl groups excluding tert-OH is 1. The first kappa shape index (κ1) is 13.3. The summed E-state index contributed by atoms with van der Waals surface area (Å²) in [5.74, 6) is 0. The number of aliphatic hydroxyl groups is 1. The van der Waals surface area contributed by atoms with Crippen molar-refractivity contribution in [2.24, 2.45) is 0 Å². The van der Waals surface area contributed by atoms with Crippen molar-refractivity contribution in [3.05, 3.63) is 45.7 Å². The molecule has 0 aliphatic carbocycles. The number of aromatic nitrogens is 3. The zero-order chi connectivity index (χ0) is 13.0. The molecule has 1 aromatic heterocycles. The van der Waals surface area contributed by atoms with E-state index in [4.69, 9.17) is 28.3 Å². The number of benzene rings is 1. The predicted molar refractivity (Wildman–Crippen MR) is 71.0 cm³/mol. The Kier molecular flexibility index (Phi) is 4.58. The van der Waals surface area contributed by atoms with Gasteiger partial charge in [0.25, 0.3) is 0 Å². The maximum absolute atomic E-state index is 8.75. The largest absolute Gasteiger partial charge is 0.396 e. The van der Waals surface area contributed by atoms with Gasteiger partial charge in [0.1, 0.15) is 0 Å². The van der Waals surface area contributed by atoms with Gasteiger partial charge in [-0.15, -0.1) is 5.10 Å². The number of hydrogen-bond acceptors (Lipinski definition) is 3. The summed E-state index contributed by atoms with van der Waals surface area (Å²) in [6.45, 7) is 0.693. The Balaban J connectivity index is 2.09. The molecule has 0 unspecified atom stereocenters. The van der Waals surface area contributed by atoms with Crippen LogP contribution in [-0.4, -0.2) is 26.7 Å². The summed E-state index contributed by atoms with van der Waals surface area (Å²) in [5.41, 5.74) is 1.77. The number of rotatable bonds is 5. The summed E-state index contributed by atoms with van der Waals surface area (Å²) >= 11 is 12.1. The van der Waals surface area contributed by atoms with E-state index in [1.165, 1.54) is 0 Å². The van der Waals surface area contributed by atoms with Gasteiger partial charge in [-0.2, -0.15) is 0 Å². The third kappa shape index (κ3) is 3.22. The van der Waals surface area contributed by atoms with Crippen molar-refractivity contribution in [1.29, 1.82) is 0 Å². The summed E-state index contributed by atoms with van der Waals surface area (Å²) in [5, 5.41) is 17.9. The van der Waals surface area contributed by atoms with Gasteiger partial charge in [0.15, 0.2) is 0 Å². The van der Waals surface area contributed by atoms with E-state index >= 15 is 0 Å². The standard InChI is InChI=1S/C12H13Cl2N3O/c13-11-5-1-3-9(12(11)14)7-17-8-10(15-16-17)4-2-6-18/h1,3,5,8,18H,2,4,6-7H2. The Bertz CT molecular complexity index is 528. The predicted octanol–water partition coefficient (Wildman–Crippen LogP) is 2.56. The molecule has 4 nitrogen and oxygen atoms in total. The van der Waals surface area contributed by atoms with Crippen LogP contribution in [0, 0.1) is 0 Å². The lowest BCUT2D eigenvalue weighted by atomic mass is 10.2. The van der Waals surface area contributed by atoms with Gasteiger partial charge >= 0.3 is 0 Å². The Hall–Kier alpha value is -1.10. The van der Waals surface area contributed by atoms with Crippen LogP contribution in [-0.2, 0) is 13.0 Å². The second-order valence-electron chi connectivity index (χ2n) is 3.95. The first-order valence-corrected chi connectivity index (χ1v) is 6.39. The molecule has 0 aliphatic heterocycles. The van der Waals surface area contributed by atoms with Crippen molar-refractivity contribution in [2.75, 3.05) is 6.61 Å². The minimum absolute atomic E-state index is 0.160. The highest BCUT2D eigenvalue weighted by Crippen LogP contribution is 2.25. The van der Waals surface area contributed by atoms with Gasteiger partial charge in [0, 0.05) is 12.8 Å². The monoisotopic (exact) mass is 285 g/mol. The van der Waals surface area contributed by atoms with E-state index in [0.717, 1.165) is 17.7 Å². The highest BCUT2D eigenvalue weighted by atomic mass is 35.5. The average molecular weight is 286 g/mol. The van der Waals surface area contributed by atoms with Crippen LogP contribution in [0.25, 0.3) is 0 Å². The van der Waals surface area contributed by atoms with Gasteiger partial charge in [0.05, 0.1) is 22.3 Å². The lowest BCUT2D eigenvalue weighted by Crippen LogP contribution is -2.01. The van der Waals surface area contributed by atoms with Gasteiger partial charge in [-0.3, -0.25) is 0 Å². The molecule has 2 rings (SSSR count). The van der Waals surface area contributed by atoms with Crippen LogP contribution >= 0.6 is 23.2 Å². The summed E-state index contributed by atoms with van der Waals surface area (Å²) in [7, 11) is 0. The van der Waals surface area contributed by atoms with E-state index in [1.54, 1.807) is 10.7 Å². The van der Waals surface area contributed by atoms with E-state index in [-0.39, 0.29) is 6.61 Å². The second kappa shape index (κ2) is 6.18. The van der Waals surface area contributed by atoms with Crippen molar-refractivity contribution in [1.82, 2.24) is 15.0 Å². The van der Waals surface area contributed by atoms with Crippen molar-refractivity contribution in [3.63, 3.8) is 0 Å². The molecule has 0 saturated carbocycles. The molecule has 0 fully saturated rings. The maximum atomic E-state index is 8.75. The van der Waals surface area contributed by atoms with Gasteiger partial charge in [-0.05, 0) is 24.5 Å². The fraction of sp³-hybridized carbons (Fsp3) is 0.333. The van der Waals surface area contributed by atoms with Crippen LogP contribution in [0.15, 0.2) is 24.4 Å². The molecule has 0 amide bonds. The molecule has 0 radical (unpaired) electrons. The van der Waals surface area contributed by atoms with Gasteiger partial charge < -0.3 is 5.11 Å². The fourth-order valence-electron chi connectivity index (χ4n) is 1.64. The van der Waals surface area contributed by atoms with Gasteiger partial charge in [0.2, 0.25) is 0 Å².